The maximum Gasteiger partial charge on any atom is 0.181 e. The number of benzene rings is 1. The van der Waals surface area contributed by atoms with Crippen molar-refractivity contribution in [2.24, 2.45) is 5.73 Å². The van der Waals surface area contributed by atoms with Crippen molar-refractivity contribution in [3.8, 4) is 0 Å². The van der Waals surface area contributed by atoms with Crippen LogP contribution in [0.15, 0.2) is 29.2 Å². The number of halogens is 1. The first-order valence-electron chi connectivity index (χ1n) is 4.95. The van der Waals surface area contributed by atoms with Crippen LogP contribution in [-0.4, -0.2) is 19.8 Å². The molecule has 3 nitrogen and oxygen atoms in total. The second-order valence-corrected chi connectivity index (χ2v) is 6.32. The van der Waals surface area contributed by atoms with Crippen molar-refractivity contribution < 1.29 is 12.8 Å². The Bertz CT molecular complexity index is 446. The van der Waals surface area contributed by atoms with Crippen LogP contribution in [0.2, 0.25) is 0 Å². The zero-order chi connectivity index (χ0) is 12.4. The minimum absolute atomic E-state index is 0.135. The lowest BCUT2D eigenvalue weighted by Gasteiger charge is -2.14. The Morgan fingerprint density at radius 1 is 1.25 bits per heavy atom. The van der Waals surface area contributed by atoms with Gasteiger partial charge in [-0.1, -0.05) is 12.1 Å². The molecular weight excluding hydrogens is 229 g/mol. The summed E-state index contributed by atoms with van der Waals surface area (Å²) in [7, 11) is -3.56. The molecule has 0 saturated carbocycles. The highest BCUT2D eigenvalue weighted by Crippen LogP contribution is 2.19. The minimum Gasteiger partial charge on any atom is -0.326 e. The van der Waals surface area contributed by atoms with Gasteiger partial charge in [0.15, 0.2) is 9.84 Å². The molecule has 0 amide bonds. The van der Waals surface area contributed by atoms with E-state index >= 15 is 0 Å². The summed E-state index contributed by atoms with van der Waals surface area (Å²) in [6.07, 6.45) is 0. The predicted octanol–water partition coefficient (Wildman–Crippen LogP) is 1.67. The Morgan fingerprint density at radius 3 is 2.12 bits per heavy atom. The van der Waals surface area contributed by atoms with Crippen molar-refractivity contribution in [3.05, 3.63) is 29.8 Å². The molecule has 0 aliphatic carbocycles. The SMILES string of the molecule is CC(C)(F)CS(=O)(=O)c1ccc(CN)cc1. The molecule has 1 aromatic rings. The van der Waals surface area contributed by atoms with Gasteiger partial charge in [-0.2, -0.15) is 0 Å². The van der Waals surface area contributed by atoms with Gasteiger partial charge in [-0.3, -0.25) is 0 Å². The number of rotatable bonds is 4. The van der Waals surface area contributed by atoms with Crippen LogP contribution in [0.25, 0.3) is 0 Å². The van der Waals surface area contributed by atoms with Gasteiger partial charge in [-0.05, 0) is 31.5 Å². The maximum absolute atomic E-state index is 13.3. The molecule has 2 N–H and O–H groups in total. The van der Waals surface area contributed by atoms with Crippen molar-refractivity contribution >= 4 is 9.84 Å². The third kappa shape index (κ3) is 3.57. The average molecular weight is 245 g/mol. The molecule has 0 saturated heterocycles. The van der Waals surface area contributed by atoms with E-state index in [0.717, 1.165) is 5.56 Å². The van der Waals surface area contributed by atoms with Crippen LogP contribution in [0.4, 0.5) is 4.39 Å². The number of nitrogens with two attached hydrogens (primary N) is 1. The molecule has 0 aromatic heterocycles. The average Bonchev–Trinajstić information content (AvgIpc) is 2.14. The predicted molar refractivity (Wildman–Crippen MR) is 61.6 cm³/mol. The van der Waals surface area contributed by atoms with E-state index in [1.165, 1.54) is 26.0 Å². The number of hydrogen-bond acceptors (Lipinski definition) is 3. The van der Waals surface area contributed by atoms with E-state index in [-0.39, 0.29) is 4.90 Å². The maximum atomic E-state index is 13.3. The van der Waals surface area contributed by atoms with E-state index < -0.39 is 21.3 Å². The number of hydrogen-bond donors (Lipinski definition) is 1. The summed E-state index contributed by atoms with van der Waals surface area (Å²) in [4.78, 5) is 0.135. The summed E-state index contributed by atoms with van der Waals surface area (Å²) in [5.41, 5.74) is 4.52. The highest BCUT2D eigenvalue weighted by Gasteiger charge is 2.26. The molecule has 0 aliphatic rings. The van der Waals surface area contributed by atoms with Crippen LogP contribution in [-0.2, 0) is 16.4 Å². The molecule has 0 heterocycles. The molecule has 1 aromatic carbocycles. The van der Waals surface area contributed by atoms with Crippen LogP contribution < -0.4 is 5.73 Å². The fourth-order valence-corrected chi connectivity index (χ4v) is 2.99. The normalized spacial score (nSPS) is 12.8. The first-order valence-corrected chi connectivity index (χ1v) is 6.60. The van der Waals surface area contributed by atoms with E-state index in [1.54, 1.807) is 12.1 Å². The van der Waals surface area contributed by atoms with E-state index in [1.807, 2.05) is 0 Å². The first-order chi connectivity index (χ1) is 7.24. The van der Waals surface area contributed by atoms with Gasteiger partial charge in [0.1, 0.15) is 5.67 Å². The van der Waals surface area contributed by atoms with Crippen molar-refractivity contribution in [3.63, 3.8) is 0 Å². The fraction of sp³-hybridized carbons (Fsp3) is 0.455. The second-order valence-electron chi connectivity index (χ2n) is 4.33. The Kier molecular flexibility index (Phi) is 3.70. The summed E-state index contributed by atoms with van der Waals surface area (Å²) in [6, 6.07) is 6.20. The quantitative estimate of drug-likeness (QED) is 0.877. The van der Waals surface area contributed by atoms with Crippen molar-refractivity contribution in [1.29, 1.82) is 0 Å². The molecule has 1 rings (SSSR count). The smallest absolute Gasteiger partial charge is 0.181 e. The zero-order valence-corrected chi connectivity index (χ0v) is 10.2. The van der Waals surface area contributed by atoms with Crippen LogP contribution >= 0.6 is 0 Å². The van der Waals surface area contributed by atoms with Crippen molar-refractivity contribution in [2.45, 2.75) is 31.0 Å². The van der Waals surface area contributed by atoms with Crippen LogP contribution in [0.1, 0.15) is 19.4 Å². The van der Waals surface area contributed by atoms with Gasteiger partial charge in [0.25, 0.3) is 0 Å². The lowest BCUT2D eigenvalue weighted by Crippen LogP contribution is -2.25. The largest absolute Gasteiger partial charge is 0.326 e. The molecular formula is C11H16FNO2S. The van der Waals surface area contributed by atoms with Crippen LogP contribution in [0.3, 0.4) is 0 Å². The van der Waals surface area contributed by atoms with Gasteiger partial charge in [0.2, 0.25) is 0 Å². The molecule has 0 radical (unpaired) electrons. The molecule has 0 unspecified atom stereocenters. The summed E-state index contributed by atoms with van der Waals surface area (Å²) < 4.78 is 36.9. The van der Waals surface area contributed by atoms with Crippen LogP contribution in [0.5, 0.6) is 0 Å². The highest BCUT2D eigenvalue weighted by molar-refractivity contribution is 7.91. The molecule has 5 heteroatoms. The fourth-order valence-electron chi connectivity index (χ4n) is 1.37. The summed E-state index contributed by atoms with van der Waals surface area (Å²) >= 11 is 0. The number of sulfone groups is 1. The first kappa shape index (κ1) is 13.1. The van der Waals surface area contributed by atoms with Crippen molar-refractivity contribution in [2.75, 3.05) is 5.75 Å². The lowest BCUT2D eigenvalue weighted by molar-refractivity contribution is 0.249. The van der Waals surface area contributed by atoms with Gasteiger partial charge in [0.05, 0.1) is 10.6 Å². The van der Waals surface area contributed by atoms with Crippen LogP contribution in [0, 0.1) is 0 Å². The minimum atomic E-state index is -3.56. The van der Waals surface area contributed by atoms with Gasteiger partial charge in [0, 0.05) is 6.54 Å². The lowest BCUT2D eigenvalue weighted by atomic mass is 10.2. The molecule has 0 spiro atoms. The van der Waals surface area contributed by atoms with Gasteiger partial charge in [-0.25, -0.2) is 12.8 Å². The molecule has 90 valence electrons. The molecule has 0 atom stereocenters. The Labute approximate surface area is 95.4 Å². The third-order valence-electron chi connectivity index (χ3n) is 2.05. The van der Waals surface area contributed by atoms with Gasteiger partial charge >= 0.3 is 0 Å². The van der Waals surface area contributed by atoms with Crippen molar-refractivity contribution in [1.82, 2.24) is 0 Å². The topological polar surface area (TPSA) is 60.2 Å². The second kappa shape index (κ2) is 4.51. The van der Waals surface area contributed by atoms with E-state index in [0.29, 0.717) is 6.54 Å². The number of alkyl halides is 1. The Balaban J connectivity index is 2.99. The molecule has 0 bridgehead atoms. The Hall–Kier alpha value is -0.940. The summed E-state index contributed by atoms with van der Waals surface area (Å²) in [5, 5.41) is 0. The van der Waals surface area contributed by atoms with E-state index in [2.05, 4.69) is 0 Å². The molecule has 0 fully saturated rings. The summed E-state index contributed by atoms with van der Waals surface area (Å²) in [5.74, 6) is -0.512. The summed E-state index contributed by atoms with van der Waals surface area (Å²) in [6.45, 7) is 2.85. The standard InChI is InChI=1S/C11H16FNO2S/c1-11(2,12)8-16(14,15)10-5-3-9(7-13)4-6-10/h3-6H,7-8,13H2,1-2H3. The zero-order valence-electron chi connectivity index (χ0n) is 9.40. The van der Waals surface area contributed by atoms with Gasteiger partial charge in [-0.15, -0.1) is 0 Å². The third-order valence-corrected chi connectivity index (χ3v) is 4.11. The van der Waals surface area contributed by atoms with E-state index in [9.17, 15) is 12.8 Å². The van der Waals surface area contributed by atoms with E-state index in [4.69, 9.17) is 5.73 Å². The highest BCUT2D eigenvalue weighted by atomic mass is 32.2. The molecule has 0 aliphatic heterocycles. The molecule has 16 heavy (non-hydrogen) atoms. The Morgan fingerprint density at radius 2 is 1.75 bits per heavy atom. The van der Waals surface area contributed by atoms with Gasteiger partial charge < -0.3 is 5.73 Å². The monoisotopic (exact) mass is 245 g/mol.